The highest BCUT2D eigenvalue weighted by Crippen LogP contribution is 2.30. The zero-order chi connectivity index (χ0) is 14.5. The summed E-state index contributed by atoms with van der Waals surface area (Å²) in [6.45, 7) is 7.52. The third kappa shape index (κ3) is 3.65. The summed E-state index contributed by atoms with van der Waals surface area (Å²) in [5, 5.41) is 9.16. The average molecular weight is 309 g/mol. The number of aromatic nitrogens is 1. The smallest absolute Gasteiger partial charge is 0.263 e. The van der Waals surface area contributed by atoms with Crippen LogP contribution < -0.4 is 10.6 Å². The lowest BCUT2D eigenvalue weighted by molar-refractivity contribution is 0.0953. The van der Waals surface area contributed by atoms with Crippen LogP contribution >= 0.6 is 22.7 Å². The Labute approximate surface area is 127 Å². The molecular formula is C14H19N3OS2. The van der Waals surface area contributed by atoms with Crippen LogP contribution in [0.2, 0.25) is 0 Å². The fourth-order valence-corrected chi connectivity index (χ4v) is 3.64. The first kappa shape index (κ1) is 15.2. The molecule has 2 heterocycles. The molecule has 0 unspecified atom stereocenters. The normalized spacial score (nSPS) is 12.3. The van der Waals surface area contributed by atoms with Gasteiger partial charge in [0.05, 0.1) is 10.6 Å². The van der Waals surface area contributed by atoms with E-state index in [1.165, 1.54) is 11.3 Å². The summed E-state index contributed by atoms with van der Waals surface area (Å²) < 4.78 is 0. The predicted octanol–water partition coefficient (Wildman–Crippen LogP) is 2.91. The molecule has 0 aromatic carbocycles. The highest BCUT2D eigenvalue weighted by Gasteiger charge is 2.16. The summed E-state index contributed by atoms with van der Waals surface area (Å²) >= 11 is 3.10. The monoisotopic (exact) mass is 309 g/mol. The van der Waals surface area contributed by atoms with Gasteiger partial charge in [-0.3, -0.25) is 4.79 Å². The zero-order valence-corrected chi connectivity index (χ0v) is 13.5. The first-order valence-corrected chi connectivity index (χ1v) is 8.34. The van der Waals surface area contributed by atoms with Gasteiger partial charge in [-0.05, 0) is 31.8 Å². The Bertz CT molecular complexity index is 563. The summed E-state index contributed by atoms with van der Waals surface area (Å²) in [6, 6.07) is 4.29. The highest BCUT2D eigenvalue weighted by atomic mass is 32.1. The molecule has 6 heteroatoms. The van der Waals surface area contributed by atoms with E-state index in [0.29, 0.717) is 11.4 Å². The van der Waals surface area contributed by atoms with Gasteiger partial charge in [0.2, 0.25) is 0 Å². The van der Waals surface area contributed by atoms with E-state index in [-0.39, 0.29) is 11.9 Å². The summed E-state index contributed by atoms with van der Waals surface area (Å²) in [4.78, 5) is 18.5. The van der Waals surface area contributed by atoms with Crippen LogP contribution in [0.4, 0.5) is 0 Å². The summed E-state index contributed by atoms with van der Waals surface area (Å²) in [5.74, 6) is -0.0347. The van der Waals surface area contributed by atoms with Gasteiger partial charge in [0.15, 0.2) is 0 Å². The zero-order valence-electron chi connectivity index (χ0n) is 11.9. The Morgan fingerprint density at radius 1 is 1.50 bits per heavy atom. The van der Waals surface area contributed by atoms with Crippen LogP contribution in [0.1, 0.15) is 29.2 Å². The van der Waals surface area contributed by atoms with Crippen LogP contribution in [0.5, 0.6) is 0 Å². The van der Waals surface area contributed by atoms with E-state index < -0.39 is 0 Å². The SMILES string of the molecule is CCN[C@H](C)CNC(=O)c1sc(-c2cccs2)nc1C. The Kier molecular flexibility index (Phi) is 5.28. The molecule has 0 aliphatic carbocycles. The second-order valence-corrected chi connectivity index (χ2v) is 6.53. The van der Waals surface area contributed by atoms with Crippen molar-refractivity contribution in [3.05, 3.63) is 28.1 Å². The number of nitrogens with zero attached hydrogens (tertiary/aromatic N) is 1. The Morgan fingerprint density at radius 3 is 2.95 bits per heavy atom. The molecule has 0 bridgehead atoms. The van der Waals surface area contributed by atoms with Gasteiger partial charge in [0.1, 0.15) is 9.88 Å². The first-order chi connectivity index (χ1) is 9.61. The van der Waals surface area contributed by atoms with Crippen LogP contribution in [0.3, 0.4) is 0 Å². The maximum atomic E-state index is 12.2. The molecule has 2 rings (SSSR count). The molecule has 0 spiro atoms. The number of hydrogen-bond acceptors (Lipinski definition) is 5. The standard InChI is InChI=1S/C14H19N3OS2/c1-4-15-9(2)8-16-13(18)12-10(3)17-14(20-12)11-6-5-7-19-11/h5-7,9,15H,4,8H2,1-3H3,(H,16,18)/t9-/m1/s1. The van der Waals surface area contributed by atoms with Crippen LogP contribution in [0.25, 0.3) is 9.88 Å². The fourth-order valence-electron chi connectivity index (χ4n) is 1.86. The average Bonchev–Trinajstić information content (AvgIpc) is 3.05. The number of amides is 1. The van der Waals surface area contributed by atoms with Gasteiger partial charge in [0.25, 0.3) is 5.91 Å². The molecule has 2 aromatic heterocycles. The van der Waals surface area contributed by atoms with Crippen molar-refractivity contribution in [3.63, 3.8) is 0 Å². The van der Waals surface area contributed by atoms with Crippen molar-refractivity contribution in [1.29, 1.82) is 0 Å². The molecule has 0 aliphatic rings. The fraction of sp³-hybridized carbons (Fsp3) is 0.429. The number of carbonyl (C=O) groups is 1. The van der Waals surface area contributed by atoms with E-state index in [4.69, 9.17) is 0 Å². The molecule has 0 saturated carbocycles. The second-order valence-electron chi connectivity index (χ2n) is 4.58. The molecule has 0 fully saturated rings. The first-order valence-electron chi connectivity index (χ1n) is 6.64. The van der Waals surface area contributed by atoms with E-state index in [1.807, 2.05) is 24.4 Å². The lowest BCUT2D eigenvalue weighted by Gasteiger charge is -2.12. The van der Waals surface area contributed by atoms with E-state index in [1.54, 1.807) is 11.3 Å². The van der Waals surface area contributed by atoms with Crippen molar-refractivity contribution in [2.75, 3.05) is 13.1 Å². The van der Waals surface area contributed by atoms with Crippen molar-refractivity contribution in [1.82, 2.24) is 15.6 Å². The third-order valence-corrected chi connectivity index (χ3v) is 5.05. The van der Waals surface area contributed by atoms with E-state index in [2.05, 4.69) is 29.5 Å². The Balaban J connectivity index is 2.03. The molecule has 2 aromatic rings. The van der Waals surface area contributed by atoms with Crippen molar-refractivity contribution < 1.29 is 4.79 Å². The molecular weight excluding hydrogens is 290 g/mol. The number of aryl methyl sites for hydroxylation is 1. The van der Waals surface area contributed by atoms with E-state index in [0.717, 1.165) is 22.1 Å². The van der Waals surface area contributed by atoms with Gasteiger partial charge in [-0.1, -0.05) is 13.0 Å². The number of hydrogen-bond donors (Lipinski definition) is 2. The summed E-state index contributed by atoms with van der Waals surface area (Å²) in [6.07, 6.45) is 0. The summed E-state index contributed by atoms with van der Waals surface area (Å²) in [5.41, 5.74) is 0.798. The van der Waals surface area contributed by atoms with Crippen molar-refractivity contribution in [3.8, 4) is 9.88 Å². The Morgan fingerprint density at radius 2 is 2.30 bits per heavy atom. The second kappa shape index (κ2) is 6.97. The number of thiophene rings is 1. The van der Waals surface area contributed by atoms with Crippen LogP contribution in [-0.2, 0) is 0 Å². The molecule has 1 amide bonds. The minimum atomic E-state index is -0.0347. The minimum Gasteiger partial charge on any atom is -0.350 e. The number of carbonyl (C=O) groups excluding carboxylic acids is 1. The minimum absolute atomic E-state index is 0.0347. The molecule has 0 aliphatic heterocycles. The van der Waals surface area contributed by atoms with Crippen molar-refractivity contribution in [2.24, 2.45) is 0 Å². The number of rotatable bonds is 6. The number of likely N-dealkylation sites (N-methyl/N-ethyl adjacent to an activating group) is 1. The van der Waals surface area contributed by atoms with Gasteiger partial charge >= 0.3 is 0 Å². The molecule has 2 N–H and O–H groups in total. The van der Waals surface area contributed by atoms with Gasteiger partial charge in [-0.25, -0.2) is 4.98 Å². The largest absolute Gasteiger partial charge is 0.350 e. The van der Waals surface area contributed by atoms with Gasteiger partial charge < -0.3 is 10.6 Å². The van der Waals surface area contributed by atoms with Crippen LogP contribution in [0.15, 0.2) is 17.5 Å². The lowest BCUT2D eigenvalue weighted by atomic mass is 10.3. The third-order valence-electron chi connectivity index (χ3n) is 2.86. The van der Waals surface area contributed by atoms with E-state index in [9.17, 15) is 4.79 Å². The predicted molar refractivity (Wildman–Crippen MR) is 85.6 cm³/mol. The maximum absolute atomic E-state index is 12.2. The topological polar surface area (TPSA) is 54.0 Å². The quantitative estimate of drug-likeness (QED) is 0.862. The van der Waals surface area contributed by atoms with Gasteiger partial charge in [-0.2, -0.15) is 0 Å². The van der Waals surface area contributed by atoms with Crippen molar-refractivity contribution in [2.45, 2.75) is 26.8 Å². The molecule has 0 radical (unpaired) electrons. The highest BCUT2D eigenvalue weighted by molar-refractivity contribution is 7.22. The molecule has 4 nitrogen and oxygen atoms in total. The molecule has 0 saturated heterocycles. The number of thiazole rings is 1. The Hall–Kier alpha value is -1.24. The molecule has 108 valence electrons. The van der Waals surface area contributed by atoms with Crippen LogP contribution in [-0.4, -0.2) is 30.0 Å². The van der Waals surface area contributed by atoms with Gasteiger partial charge in [-0.15, -0.1) is 22.7 Å². The lowest BCUT2D eigenvalue weighted by Crippen LogP contribution is -2.38. The number of nitrogens with one attached hydrogen (secondary N) is 2. The van der Waals surface area contributed by atoms with Gasteiger partial charge in [0, 0.05) is 12.6 Å². The van der Waals surface area contributed by atoms with Crippen molar-refractivity contribution >= 4 is 28.6 Å². The summed E-state index contributed by atoms with van der Waals surface area (Å²) in [7, 11) is 0. The maximum Gasteiger partial charge on any atom is 0.263 e. The van der Waals surface area contributed by atoms with Crippen LogP contribution in [0, 0.1) is 6.92 Å². The molecule has 20 heavy (non-hydrogen) atoms. The molecule has 1 atom stereocenters. The van der Waals surface area contributed by atoms with E-state index >= 15 is 0 Å².